The average Bonchev–Trinajstić information content (AvgIpc) is 3.64. The standard InChI is InChI=1S/C32H34FN7O3/c1-17-21(18(2)36-30(42)29-38-31(43-39-29)32(3,4)5)8-9-23(26(17)33)27-25-22-7-6-20(40-12-10-19(15-41)11-13-40)14-24(22)37-28(25)35-16-34-27/h6-9,14-16,18-19H,10-13H2,1-5H3,(H,36,42)(H,34,35,37)/t18-/m1/s1. The molecule has 0 radical (unpaired) electrons. The first-order chi connectivity index (χ1) is 20.5. The van der Waals surface area contributed by atoms with E-state index in [0.29, 0.717) is 33.9 Å². The first-order valence-corrected chi connectivity index (χ1v) is 14.5. The second kappa shape index (κ2) is 10.9. The third kappa shape index (κ3) is 5.24. The molecule has 1 amide bonds. The lowest BCUT2D eigenvalue weighted by Crippen LogP contribution is -2.33. The van der Waals surface area contributed by atoms with E-state index in [0.717, 1.165) is 54.2 Å². The number of aromatic nitrogens is 5. The predicted octanol–water partition coefficient (Wildman–Crippen LogP) is 5.81. The maximum atomic E-state index is 16.1. The van der Waals surface area contributed by atoms with Crippen LogP contribution in [0.2, 0.25) is 0 Å². The number of benzene rings is 2. The molecular formula is C32H34FN7O3. The topological polar surface area (TPSA) is 130 Å². The fraction of sp³-hybridized carbons (Fsp3) is 0.375. The molecule has 0 unspecified atom stereocenters. The molecule has 0 bridgehead atoms. The van der Waals surface area contributed by atoms with E-state index in [9.17, 15) is 9.59 Å². The Kier molecular flexibility index (Phi) is 7.19. The number of nitrogens with zero attached hydrogens (tertiary/aromatic N) is 5. The Bertz CT molecular complexity index is 1850. The van der Waals surface area contributed by atoms with E-state index in [1.807, 2.05) is 26.8 Å². The largest absolute Gasteiger partial charge is 0.371 e. The number of rotatable bonds is 6. The Hall–Kier alpha value is -4.67. The van der Waals surface area contributed by atoms with Gasteiger partial charge in [0.2, 0.25) is 5.89 Å². The van der Waals surface area contributed by atoms with E-state index in [-0.39, 0.29) is 17.2 Å². The van der Waals surface area contributed by atoms with Crippen molar-refractivity contribution in [2.75, 3.05) is 18.0 Å². The van der Waals surface area contributed by atoms with Gasteiger partial charge in [-0.25, -0.2) is 14.4 Å². The number of carbonyl (C=O) groups is 2. The normalized spacial score (nSPS) is 15.3. The summed E-state index contributed by atoms with van der Waals surface area (Å²) in [5, 5.41) is 8.29. The lowest BCUT2D eigenvalue weighted by atomic mass is 9.96. The molecular weight excluding hydrogens is 549 g/mol. The summed E-state index contributed by atoms with van der Waals surface area (Å²) in [5.41, 5.74) is 4.04. The number of fused-ring (bicyclic) bond motifs is 3. The summed E-state index contributed by atoms with van der Waals surface area (Å²) in [6, 6.07) is 9.13. The molecule has 1 aliphatic heterocycles. The van der Waals surface area contributed by atoms with Crippen molar-refractivity contribution in [3.8, 4) is 11.3 Å². The highest BCUT2D eigenvalue weighted by Gasteiger charge is 2.26. The van der Waals surface area contributed by atoms with Crippen molar-refractivity contribution in [2.24, 2.45) is 5.92 Å². The van der Waals surface area contributed by atoms with Crippen molar-refractivity contribution in [1.29, 1.82) is 0 Å². The lowest BCUT2D eigenvalue weighted by molar-refractivity contribution is -0.111. The van der Waals surface area contributed by atoms with Crippen molar-refractivity contribution in [3.05, 3.63) is 65.3 Å². The van der Waals surface area contributed by atoms with E-state index in [2.05, 4.69) is 47.4 Å². The van der Waals surface area contributed by atoms with Gasteiger partial charge in [0, 0.05) is 46.6 Å². The van der Waals surface area contributed by atoms with Crippen LogP contribution in [0.3, 0.4) is 0 Å². The van der Waals surface area contributed by atoms with Gasteiger partial charge in [-0.2, -0.15) is 4.98 Å². The molecule has 0 aliphatic carbocycles. The molecule has 10 nitrogen and oxygen atoms in total. The molecule has 1 saturated heterocycles. The summed E-state index contributed by atoms with van der Waals surface area (Å²) < 4.78 is 21.3. The zero-order valence-electron chi connectivity index (χ0n) is 24.9. The molecule has 1 fully saturated rings. The van der Waals surface area contributed by atoms with Crippen molar-refractivity contribution >= 4 is 39.8 Å². The highest BCUT2D eigenvalue weighted by Crippen LogP contribution is 2.37. The van der Waals surface area contributed by atoms with Crippen LogP contribution < -0.4 is 10.2 Å². The summed E-state index contributed by atoms with van der Waals surface area (Å²) in [7, 11) is 0. The lowest BCUT2D eigenvalue weighted by Gasteiger charge is -2.31. The summed E-state index contributed by atoms with van der Waals surface area (Å²) in [4.78, 5) is 42.8. The number of hydrogen-bond donors (Lipinski definition) is 2. The Morgan fingerprint density at radius 3 is 2.65 bits per heavy atom. The molecule has 3 aromatic heterocycles. The van der Waals surface area contributed by atoms with Gasteiger partial charge < -0.3 is 24.5 Å². The highest BCUT2D eigenvalue weighted by molar-refractivity contribution is 6.12. The van der Waals surface area contributed by atoms with Crippen LogP contribution in [0.5, 0.6) is 0 Å². The summed E-state index contributed by atoms with van der Waals surface area (Å²) >= 11 is 0. The number of amides is 1. The van der Waals surface area contributed by atoms with Crippen LogP contribution in [0.25, 0.3) is 33.2 Å². The summed E-state index contributed by atoms with van der Waals surface area (Å²) in [6.07, 6.45) is 4.17. The van der Waals surface area contributed by atoms with E-state index in [1.54, 1.807) is 26.0 Å². The third-order valence-corrected chi connectivity index (χ3v) is 8.24. The van der Waals surface area contributed by atoms with Gasteiger partial charge in [0.1, 0.15) is 24.1 Å². The molecule has 11 heteroatoms. The quantitative estimate of drug-likeness (QED) is 0.240. The van der Waals surface area contributed by atoms with Gasteiger partial charge in [0.15, 0.2) is 0 Å². The zero-order chi connectivity index (χ0) is 30.5. The van der Waals surface area contributed by atoms with Crippen molar-refractivity contribution in [3.63, 3.8) is 0 Å². The Labute approximate surface area is 248 Å². The zero-order valence-corrected chi connectivity index (χ0v) is 24.9. The fourth-order valence-corrected chi connectivity index (χ4v) is 5.72. The molecule has 43 heavy (non-hydrogen) atoms. The highest BCUT2D eigenvalue weighted by atomic mass is 19.1. The number of aldehydes is 1. The monoisotopic (exact) mass is 583 g/mol. The van der Waals surface area contributed by atoms with Crippen LogP contribution in [0, 0.1) is 18.7 Å². The van der Waals surface area contributed by atoms with Crippen LogP contribution in [0.15, 0.2) is 41.2 Å². The van der Waals surface area contributed by atoms with Crippen molar-refractivity contribution in [2.45, 2.75) is 58.9 Å². The van der Waals surface area contributed by atoms with Crippen LogP contribution >= 0.6 is 0 Å². The maximum Gasteiger partial charge on any atom is 0.293 e. The first-order valence-electron chi connectivity index (χ1n) is 14.5. The van der Waals surface area contributed by atoms with Gasteiger partial charge in [-0.1, -0.05) is 38.1 Å². The number of hydrogen-bond acceptors (Lipinski definition) is 8. The minimum Gasteiger partial charge on any atom is -0.371 e. The van der Waals surface area contributed by atoms with Gasteiger partial charge in [0.25, 0.3) is 11.7 Å². The molecule has 1 aliphatic rings. The first kappa shape index (κ1) is 28.4. The van der Waals surface area contributed by atoms with Gasteiger partial charge in [-0.05, 0) is 56.0 Å². The smallest absolute Gasteiger partial charge is 0.293 e. The number of carbonyl (C=O) groups excluding carboxylic acids is 2. The Morgan fingerprint density at radius 1 is 1.19 bits per heavy atom. The number of piperidine rings is 1. The molecule has 0 saturated carbocycles. The molecule has 2 N–H and O–H groups in total. The van der Waals surface area contributed by atoms with E-state index in [4.69, 9.17) is 4.52 Å². The second-order valence-corrected chi connectivity index (χ2v) is 12.3. The Balaban J connectivity index is 1.29. The fourth-order valence-electron chi connectivity index (χ4n) is 5.72. The number of anilines is 1. The van der Waals surface area contributed by atoms with Gasteiger partial charge in [-0.3, -0.25) is 4.79 Å². The van der Waals surface area contributed by atoms with E-state index >= 15 is 4.39 Å². The van der Waals surface area contributed by atoms with Gasteiger partial charge in [-0.15, -0.1) is 0 Å². The predicted molar refractivity (Wildman–Crippen MR) is 161 cm³/mol. The molecule has 6 rings (SSSR count). The molecule has 2 aromatic carbocycles. The molecule has 0 spiro atoms. The molecule has 222 valence electrons. The van der Waals surface area contributed by atoms with Crippen molar-refractivity contribution in [1.82, 2.24) is 30.4 Å². The molecule has 5 aromatic rings. The van der Waals surface area contributed by atoms with E-state index in [1.165, 1.54) is 6.33 Å². The number of aromatic amines is 1. The van der Waals surface area contributed by atoms with Gasteiger partial charge >= 0.3 is 0 Å². The number of nitrogens with one attached hydrogen (secondary N) is 2. The summed E-state index contributed by atoms with van der Waals surface area (Å²) in [5.74, 6) is -0.498. The van der Waals surface area contributed by atoms with Gasteiger partial charge in [0.05, 0.1) is 17.1 Å². The van der Waals surface area contributed by atoms with Crippen LogP contribution in [0.1, 0.15) is 74.2 Å². The average molecular weight is 584 g/mol. The third-order valence-electron chi connectivity index (χ3n) is 8.24. The molecule has 4 heterocycles. The van der Waals surface area contributed by atoms with Crippen molar-refractivity contribution < 1.29 is 18.5 Å². The van der Waals surface area contributed by atoms with E-state index < -0.39 is 17.8 Å². The second-order valence-electron chi connectivity index (χ2n) is 12.3. The number of halogens is 1. The van der Waals surface area contributed by atoms with Crippen LogP contribution in [0.4, 0.5) is 10.1 Å². The van der Waals surface area contributed by atoms with Crippen LogP contribution in [-0.4, -0.2) is 50.4 Å². The Morgan fingerprint density at radius 2 is 1.95 bits per heavy atom. The maximum absolute atomic E-state index is 16.1. The number of H-pyrrole nitrogens is 1. The minimum absolute atomic E-state index is 0.0668. The summed E-state index contributed by atoms with van der Waals surface area (Å²) in [6.45, 7) is 10.9. The minimum atomic E-state index is -0.513. The molecule has 1 atom stereocenters. The van der Waals surface area contributed by atoms with Crippen LogP contribution in [-0.2, 0) is 10.2 Å². The SMILES string of the molecule is Cc1c([C@@H](C)NC(=O)c2noc(C(C)(C)C)n2)ccc(-c2ncnc3[nH]c4cc(N5CCC(C=O)CC5)ccc4c23)c1F.